The predicted molar refractivity (Wildman–Crippen MR) is 18.8 cm³/mol. The maximum absolute atomic E-state index is 8.99. The summed E-state index contributed by atoms with van der Waals surface area (Å²) in [5.74, 6) is 0. The number of hydrogen-bond donors (Lipinski definition) is 0. The molecule has 0 amide bonds. The van der Waals surface area contributed by atoms with Gasteiger partial charge >= 0.3 is 43.3 Å². The van der Waals surface area contributed by atoms with Gasteiger partial charge in [-0.05, 0) is 0 Å². The first-order valence-electron chi connectivity index (χ1n) is 0.752. The molecule has 6 heteroatoms. The van der Waals surface area contributed by atoms with Crippen molar-refractivity contribution in [2.45, 2.75) is 0 Å². The Morgan fingerprint density at radius 3 is 2.00 bits per heavy atom. The molecule has 0 aromatic heterocycles. The summed E-state index contributed by atoms with van der Waals surface area (Å²) < 4.78 is 3.61. The van der Waals surface area contributed by atoms with Crippen LogP contribution in [0.4, 0.5) is 0 Å². The molecule has 0 aliphatic carbocycles. The van der Waals surface area contributed by atoms with Crippen molar-refractivity contribution in [2.75, 3.05) is 0 Å². The molecule has 0 heterocycles. The van der Waals surface area contributed by atoms with Gasteiger partial charge in [0.05, 0.1) is 0 Å². The molecule has 1 radical (unpaired) electrons. The molecule has 0 unspecified atom stereocenters. The first kappa shape index (κ1) is 9.40. The van der Waals surface area contributed by atoms with Crippen LogP contribution in [0, 0.1) is 10.1 Å². The number of rotatable bonds is 1. The van der Waals surface area contributed by atoms with E-state index in [9.17, 15) is 0 Å². The van der Waals surface area contributed by atoms with Crippen LogP contribution in [0.2, 0.25) is 0 Å². The van der Waals surface area contributed by atoms with Gasteiger partial charge < -0.3 is 5.48 Å². The molecule has 0 saturated heterocycles. The van der Waals surface area contributed by atoms with E-state index in [1.807, 2.05) is 0 Å². The Hall–Kier alpha value is 0.0431. The fourth-order valence-corrected chi connectivity index (χ4v) is 0. The van der Waals surface area contributed by atoms with Crippen LogP contribution in [-0.4, -0.2) is 35.7 Å². The van der Waals surface area contributed by atoms with Crippen LogP contribution in [0.1, 0.15) is 0 Å². The third kappa shape index (κ3) is 8.97. The molecular weight excluding hydrogens is 287 g/mol. The molecule has 0 aromatic carbocycles. The van der Waals surface area contributed by atoms with Gasteiger partial charge in [0.1, 0.15) is 0 Å². The SMILES string of the molecule is O.O=[N+]([O-])[O][BiH]. The molecular formula is H3BiNO4. The van der Waals surface area contributed by atoms with E-state index < -0.39 is 5.09 Å². The molecule has 0 aromatic rings. The van der Waals surface area contributed by atoms with Crippen LogP contribution in [0.3, 0.4) is 0 Å². The average Bonchev–Trinajstić information content (AvgIpc) is 1.38. The second-order valence-electron chi connectivity index (χ2n) is 0.315. The van der Waals surface area contributed by atoms with E-state index in [2.05, 4.69) is 2.91 Å². The van der Waals surface area contributed by atoms with Crippen LogP contribution in [0.15, 0.2) is 0 Å². The van der Waals surface area contributed by atoms with Gasteiger partial charge in [0.2, 0.25) is 0 Å². The molecule has 5 nitrogen and oxygen atoms in total. The summed E-state index contributed by atoms with van der Waals surface area (Å²) in [6.45, 7) is 0. The fraction of sp³-hybridized carbons (Fsp3) is 0. The Morgan fingerprint density at radius 1 is 1.83 bits per heavy atom. The monoisotopic (exact) mass is 290 g/mol. The van der Waals surface area contributed by atoms with E-state index in [1.54, 1.807) is 0 Å². The van der Waals surface area contributed by atoms with Crippen molar-refractivity contribution in [3.8, 4) is 0 Å². The molecule has 0 spiro atoms. The Labute approximate surface area is 49.2 Å². The van der Waals surface area contributed by atoms with Gasteiger partial charge in [-0.15, -0.1) is 0 Å². The van der Waals surface area contributed by atoms with E-state index in [4.69, 9.17) is 10.1 Å². The van der Waals surface area contributed by atoms with Crippen molar-refractivity contribution in [3.05, 3.63) is 10.1 Å². The van der Waals surface area contributed by atoms with E-state index in [0.29, 0.717) is 0 Å². The molecule has 0 rings (SSSR count). The van der Waals surface area contributed by atoms with E-state index in [-0.39, 0.29) is 30.6 Å². The van der Waals surface area contributed by atoms with Gasteiger partial charge in [-0.3, -0.25) is 0 Å². The summed E-state index contributed by atoms with van der Waals surface area (Å²) in [5.41, 5.74) is 0. The van der Waals surface area contributed by atoms with Gasteiger partial charge in [0.15, 0.2) is 0 Å². The second-order valence-corrected chi connectivity index (χ2v) is 1.02. The summed E-state index contributed by atoms with van der Waals surface area (Å²) in [5, 5.41) is 8.17. The Balaban J connectivity index is 0. The van der Waals surface area contributed by atoms with E-state index >= 15 is 0 Å². The van der Waals surface area contributed by atoms with E-state index in [1.165, 1.54) is 0 Å². The molecule has 0 saturated carbocycles. The van der Waals surface area contributed by atoms with Gasteiger partial charge in [0.25, 0.3) is 0 Å². The first-order chi connectivity index (χ1) is 2.27. The normalized spacial score (nSPS) is 5.50. The zero-order chi connectivity index (χ0) is 4.28. The summed E-state index contributed by atoms with van der Waals surface area (Å²) in [4.78, 5) is 8.99. The summed E-state index contributed by atoms with van der Waals surface area (Å²) in [7, 11) is 0. The maximum atomic E-state index is 8.99. The van der Waals surface area contributed by atoms with Gasteiger partial charge in [-0.25, -0.2) is 0 Å². The fourth-order valence-electron chi connectivity index (χ4n) is 0. The zero-order valence-corrected chi connectivity index (χ0v) is 6.56. The number of nitrogens with zero attached hydrogens (tertiary/aromatic N) is 1. The number of hydrogen-bond acceptors (Lipinski definition) is 3. The van der Waals surface area contributed by atoms with Crippen molar-refractivity contribution in [3.63, 3.8) is 0 Å². The topological polar surface area (TPSA) is 83.9 Å². The third-order valence-corrected chi connectivity index (χ3v) is 0.654. The minimum absolute atomic E-state index is 0. The molecule has 0 fully saturated rings. The molecule has 0 aliphatic rings. The van der Waals surface area contributed by atoms with Crippen LogP contribution in [0.5, 0.6) is 0 Å². The van der Waals surface area contributed by atoms with Crippen LogP contribution in [-0.2, 0) is 2.91 Å². The van der Waals surface area contributed by atoms with E-state index in [0.717, 1.165) is 0 Å². The van der Waals surface area contributed by atoms with Gasteiger partial charge in [0, 0.05) is 0 Å². The van der Waals surface area contributed by atoms with Crippen molar-refractivity contribution >= 4 is 25.2 Å². The van der Waals surface area contributed by atoms with Crippen molar-refractivity contribution < 1.29 is 13.5 Å². The summed E-state index contributed by atoms with van der Waals surface area (Å²) in [6, 6.07) is 0. The van der Waals surface area contributed by atoms with Crippen molar-refractivity contribution in [1.82, 2.24) is 0 Å². The molecule has 0 aliphatic heterocycles. The first-order valence-corrected chi connectivity index (χ1v) is 2.34. The molecule has 6 heavy (non-hydrogen) atoms. The quantitative estimate of drug-likeness (QED) is 0.324. The summed E-state index contributed by atoms with van der Waals surface area (Å²) in [6.07, 6.45) is 0. The van der Waals surface area contributed by atoms with Crippen molar-refractivity contribution in [1.29, 1.82) is 0 Å². The minimum atomic E-state index is -0.813. The average molecular weight is 290 g/mol. The predicted octanol–water partition coefficient (Wildman–Crippen LogP) is -1.81. The van der Waals surface area contributed by atoms with Crippen LogP contribution >= 0.6 is 0 Å². The molecule has 0 atom stereocenters. The molecule has 37 valence electrons. The second kappa shape index (κ2) is 5.04. The Bertz CT molecular complexity index is 42.8. The standard InChI is InChI=1S/Bi.NO3.H2O.H/c;2-1(3)4;;/h;;1H2;/q+1;-1;;. The molecule has 2 N–H and O–H groups in total. The van der Waals surface area contributed by atoms with Crippen LogP contribution < -0.4 is 0 Å². The Kier molecular flexibility index (Phi) is 7.90. The third-order valence-electron chi connectivity index (χ3n) is 0.0745. The summed E-state index contributed by atoms with van der Waals surface area (Å²) >= 11 is 0.174. The van der Waals surface area contributed by atoms with Gasteiger partial charge in [-0.1, -0.05) is 0 Å². The van der Waals surface area contributed by atoms with Crippen LogP contribution in [0.25, 0.3) is 0 Å². The van der Waals surface area contributed by atoms with Crippen molar-refractivity contribution in [2.24, 2.45) is 0 Å². The zero-order valence-electron chi connectivity index (χ0n) is 2.67. The Morgan fingerprint density at radius 2 is 2.00 bits per heavy atom. The van der Waals surface area contributed by atoms with Gasteiger partial charge in [-0.2, -0.15) is 0 Å². The molecule has 0 bridgehead atoms.